The van der Waals surface area contributed by atoms with Crippen LogP contribution in [0.3, 0.4) is 0 Å². The highest BCUT2D eigenvalue weighted by atomic mass is 35.5. The van der Waals surface area contributed by atoms with Crippen LogP contribution in [0.1, 0.15) is 39.7 Å². The summed E-state index contributed by atoms with van der Waals surface area (Å²) in [6.07, 6.45) is 0.372. The van der Waals surface area contributed by atoms with E-state index in [2.05, 4.69) is 10.2 Å². The highest BCUT2D eigenvalue weighted by molar-refractivity contribution is 6.31. The van der Waals surface area contributed by atoms with Crippen molar-refractivity contribution in [1.82, 2.24) is 10.2 Å². The van der Waals surface area contributed by atoms with E-state index >= 15 is 0 Å². The average molecular weight is 486 g/mol. The number of carbonyl (C=O) groups is 1. The number of ether oxygens (including phenoxy) is 1. The van der Waals surface area contributed by atoms with Crippen molar-refractivity contribution < 1.29 is 19.7 Å². The van der Waals surface area contributed by atoms with Gasteiger partial charge in [0.15, 0.2) is 5.75 Å². The minimum atomic E-state index is -1.10. The summed E-state index contributed by atoms with van der Waals surface area (Å²) >= 11 is 6.25. The zero-order valence-electron chi connectivity index (χ0n) is 20.0. The van der Waals surface area contributed by atoms with Gasteiger partial charge in [0.2, 0.25) is 0 Å². The Balaban J connectivity index is 1.72. The molecule has 2 aliphatic heterocycles. The first kappa shape index (κ1) is 24.5. The fourth-order valence-electron chi connectivity index (χ4n) is 4.95. The molecule has 0 saturated carbocycles. The number of piperazine rings is 1. The Hall–Kier alpha value is -2.61. The second-order valence-electron chi connectivity index (χ2n) is 10.1. The largest absolute Gasteiger partial charge is 0.481 e. The van der Waals surface area contributed by atoms with Gasteiger partial charge in [-0.05, 0) is 63.4 Å². The molecule has 7 nitrogen and oxygen atoms in total. The summed E-state index contributed by atoms with van der Waals surface area (Å²) in [6, 6.07) is 12.7. The Kier molecular flexibility index (Phi) is 6.64. The van der Waals surface area contributed by atoms with Crippen molar-refractivity contribution in [3.63, 3.8) is 0 Å². The molecular weight excluding hydrogens is 454 g/mol. The van der Waals surface area contributed by atoms with Gasteiger partial charge in [-0.2, -0.15) is 0 Å². The molecule has 2 aliphatic rings. The maximum absolute atomic E-state index is 12.6. The average Bonchev–Trinajstić information content (AvgIpc) is 2.93. The zero-order valence-corrected chi connectivity index (χ0v) is 20.8. The fraction of sp³-hybridized carbons (Fsp3) is 0.462. The van der Waals surface area contributed by atoms with Gasteiger partial charge in [0, 0.05) is 30.7 Å². The number of carboxylic acids is 1. The molecule has 2 heterocycles. The lowest BCUT2D eigenvalue weighted by molar-refractivity contribution is -0.155. The monoisotopic (exact) mass is 485 g/mol. The lowest BCUT2D eigenvalue weighted by Crippen LogP contribution is -2.62. The molecule has 0 unspecified atom stereocenters. The Morgan fingerprint density at radius 1 is 1.26 bits per heavy atom. The normalized spacial score (nSPS) is 20.7. The number of aliphatic imine (C=N–C) groups is 1. The van der Waals surface area contributed by atoms with E-state index in [4.69, 9.17) is 21.3 Å². The number of aliphatic carboxylic acids is 1. The molecule has 34 heavy (non-hydrogen) atoms. The Labute approximate surface area is 205 Å². The van der Waals surface area contributed by atoms with E-state index in [1.807, 2.05) is 31.2 Å². The van der Waals surface area contributed by atoms with Gasteiger partial charge >= 0.3 is 5.97 Å². The van der Waals surface area contributed by atoms with E-state index in [9.17, 15) is 15.0 Å². The summed E-state index contributed by atoms with van der Waals surface area (Å²) in [5.74, 6) is 0.883. The van der Waals surface area contributed by atoms with Gasteiger partial charge in [-0.3, -0.25) is 4.79 Å². The van der Waals surface area contributed by atoms with E-state index in [1.165, 1.54) is 0 Å². The molecule has 0 spiro atoms. The molecule has 8 heteroatoms. The molecule has 0 bridgehead atoms. The van der Waals surface area contributed by atoms with Crippen LogP contribution in [0, 0.1) is 11.3 Å². The molecule has 3 N–H and O–H groups in total. The number of para-hydroxylation sites is 1. The van der Waals surface area contributed by atoms with Crippen LogP contribution in [0.5, 0.6) is 11.5 Å². The second kappa shape index (κ2) is 9.21. The number of halogens is 1. The van der Waals surface area contributed by atoms with Crippen molar-refractivity contribution in [1.29, 1.82) is 0 Å². The van der Waals surface area contributed by atoms with E-state index in [0.29, 0.717) is 48.3 Å². The number of nitrogens with zero attached hydrogens (tertiary/aromatic N) is 2. The van der Waals surface area contributed by atoms with Gasteiger partial charge in [-0.15, -0.1) is 0 Å². The fourth-order valence-corrected chi connectivity index (χ4v) is 5.11. The van der Waals surface area contributed by atoms with Crippen molar-refractivity contribution in [2.24, 2.45) is 16.3 Å². The molecule has 3 atom stereocenters. The maximum Gasteiger partial charge on any atom is 0.311 e. The van der Waals surface area contributed by atoms with E-state index < -0.39 is 17.0 Å². The highest BCUT2D eigenvalue weighted by Gasteiger charge is 2.49. The van der Waals surface area contributed by atoms with Crippen LogP contribution in [0.4, 0.5) is 5.69 Å². The number of nitrogens with one attached hydrogen (secondary N) is 1. The van der Waals surface area contributed by atoms with Gasteiger partial charge in [-0.1, -0.05) is 30.7 Å². The first-order valence-electron chi connectivity index (χ1n) is 11.6. The number of fused-ring (bicyclic) bond motifs is 2. The third-order valence-electron chi connectivity index (χ3n) is 6.98. The summed E-state index contributed by atoms with van der Waals surface area (Å²) in [6.45, 7) is 8.81. The van der Waals surface area contributed by atoms with Gasteiger partial charge < -0.3 is 25.2 Å². The van der Waals surface area contributed by atoms with Crippen molar-refractivity contribution in [2.45, 2.75) is 45.8 Å². The third kappa shape index (κ3) is 4.78. The molecule has 2 aromatic carbocycles. The quantitative estimate of drug-likeness (QED) is 0.569. The van der Waals surface area contributed by atoms with Gasteiger partial charge in [0.25, 0.3) is 0 Å². The molecule has 4 rings (SSSR count). The van der Waals surface area contributed by atoms with E-state index in [-0.39, 0.29) is 12.0 Å². The number of hydrogen-bond acceptors (Lipinski definition) is 6. The first-order valence-corrected chi connectivity index (χ1v) is 12.0. The van der Waals surface area contributed by atoms with Crippen molar-refractivity contribution in [3.8, 4) is 11.5 Å². The molecule has 0 radical (unpaired) electrons. The molecular formula is C26H32ClN3O4. The standard InChI is InChI=1S/C26H32ClN3O4/c1-16(14-25(2,3)33)26(4,24(31)32)22-15-30(12-11-28-22)23-18-7-5-6-8-20(18)34-21-10-9-17(27)13-19(21)29-23/h5-10,13,16,22,28,33H,11-12,14-15H2,1-4H3,(H,31,32)/t16-,22-,26+/m1/s1. The van der Waals surface area contributed by atoms with Crippen LogP contribution in [0.25, 0.3) is 0 Å². The Morgan fingerprint density at radius 3 is 2.71 bits per heavy atom. The van der Waals surface area contributed by atoms with Gasteiger partial charge in [0.1, 0.15) is 17.3 Å². The predicted octanol–water partition coefficient (Wildman–Crippen LogP) is 4.69. The van der Waals surface area contributed by atoms with Crippen LogP contribution in [0.2, 0.25) is 5.02 Å². The number of hydrogen-bond donors (Lipinski definition) is 3. The molecule has 0 aromatic heterocycles. The summed E-state index contributed by atoms with van der Waals surface area (Å²) in [5.41, 5.74) is -0.585. The third-order valence-corrected chi connectivity index (χ3v) is 7.22. The highest BCUT2D eigenvalue weighted by Crippen LogP contribution is 2.41. The van der Waals surface area contributed by atoms with Gasteiger partial charge in [-0.25, -0.2) is 4.99 Å². The minimum Gasteiger partial charge on any atom is -0.481 e. The Morgan fingerprint density at radius 2 is 2.00 bits per heavy atom. The van der Waals surface area contributed by atoms with E-state index in [1.54, 1.807) is 39.0 Å². The van der Waals surface area contributed by atoms with Crippen LogP contribution >= 0.6 is 11.6 Å². The SMILES string of the molecule is C[C@H](CC(C)(C)O)[C@](C)(C(=O)O)[C@H]1CN(C2=Nc3cc(Cl)ccc3Oc3ccccc32)CCN1. The lowest BCUT2D eigenvalue weighted by Gasteiger charge is -2.46. The van der Waals surface area contributed by atoms with Crippen molar-refractivity contribution >= 4 is 29.1 Å². The number of benzene rings is 2. The number of amidine groups is 1. The first-order chi connectivity index (χ1) is 16.0. The number of aliphatic hydroxyl groups is 1. The smallest absolute Gasteiger partial charge is 0.311 e. The number of rotatable bonds is 5. The van der Waals surface area contributed by atoms with E-state index in [0.717, 1.165) is 11.4 Å². The topological polar surface area (TPSA) is 94.4 Å². The van der Waals surface area contributed by atoms with Crippen molar-refractivity contribution in [3.05, 3.63) is 53.1 Å². The second-order valence-corrected chi connectivity index (χ2v) is 10.5. The van der Waals surface area contributed by atoms with Crippen LogP contribution in [0.15, 0.2) is 47.5 Å². The molecule has 1 saturated heterocycles. The lowest BCUT2D eigenvalue weighted by atomic mass is 9.68. The van der Waals surface area contributed by atoms with Crippen molar-refractivity contribution in [2.75, 3.05) is 19.6 Å². The summed E-state index contributed by atoms with van der Waals surface area (Å²) < 4.78 is 6.17. The maximum atomic E-state index is 12.6. The van der Waals surface area contributed by atoms with Crippen LogP contribution in [-0.4, -0.2) is 58.2 Å². The molecule has 0 aliphatic carbocycles. The molecule has 182 valence electrons. The van der Waals surface area contributed by atoms with Crippen LogP contribution in [-0.2, 0) is 4.79 Å². The Bertz CT molecular complexity index is 1110. The zero-order chi connectivity index (χ0) is 24.7. The number of carboxylic acid groups (broad SMARTS) is 1. The molecule has 1 fully saturated rings. The van der Waals surface area contributed by atoms with Crippen LogP contribution < -0.4 is 10.1 Å². The summed E-state index contributed by atoms with van der Waals surface area (Å²) in [7, 11) is 0. The summed E-state index contributed by atoms with van der Waals surface area (Å²) in [4.78, 5) is 19.7. The van der Waals surface area contributed by atoms with Gasteiger partial charge in [0.05, 0.1) is 16.6 Å². The predicted molar refractivity (Wildman–Crippen MR) is 133 cm³/mol. The minimum absolute atomic E-state index is 0.270. The summed E-state index contributed by atoms with van der Waals surface area (Å²) in [5, 5.41) is 24.7. The molecule has 0 amide bonds. The molecule has 2 aromatic rings.